The zero-order valence-electron chi connectivity index (χ0n) is 21.2. The highest BCUT2D eigenvalue weighted by Gasteiger charge is 2.36. The number of hydrogen-bond donors (Lipinski definition) is 4. The first-order valence-electron chi connectivity index (χ1n) is 11.6. The molecule has 9 nitrogen and oxygen atoms in total. The molecule has 0 aliphatic rings. The summed E-state index contributed by atoms with van der Waals surface area (Å²) in [5.74, 6) is -1.23. The van der Waals surface area contributed by atoms with E-state index in [1.165, 1.54) is 29.2 Å². The number of anilines is 1. The average molecular weight is 520 g/mol. The fourth-order valence-corrected chi connectivity index (χ4v) is 3.82. The number of halogens is 1. The van der Waals surface area contributed by atoms with Gasteiger partial charge in [0.25, 0.3) is 5.91 Å². The van der Waals surface area contributed by atoms with Gasteiger partial charge in [0.15, 0.2) is 0 Å². The van der Waals surface area contributed by atoms with Crippen LogP contribution in [-0.4, -0.2) is 57.8 Å². The molecule has 2 atom stereocenters. The molecule has 0 fully saturated rings. The lowest BCUT2D eigenvalue weighted by Gasteiger charge is -2.34. The van der Waals surface area contributed by atoms with Crippen molar-refractivity contribution in [3.63, 3.8) is 0 Å². The number of aliphatic hydroxyl groups is 1. The van der Waals surface area contributed by atoms with Crippen LogP contribution in [0.25, 0.3) is 0 Å². The van der Waals surface area contributed by atoms with Gasteiger partial charge in [-0.15, -0.1) is 0 Å². The number of nitrogens with one attached hydrogen (secondary N) is 2. The van der Waals surface area contributed by atoms with Gasteiger partial charge in [-0.25, -0.2) is 4.79 Å². The van der Waals surface area contributed by atoms with Crippen LogP contribution in [0.15, 0.2) is 42.5 Å². The van der Waals surface area contributed by atoms with Gasteiger partial charge in [0.05, 0.1) is 17.3 Å². The molecule has 196 valence electrons. The second-order valence-corrected chi connectivity index (χ2v) is 9.74. The van der Waals surface area contributed by atoms with E-state index in [1.54, 1.807) is 45.9 Å². The van der Waals surface area contributed by atoms with Crippen molar-refractivity contribution in [2.45, 2.75) is 58.7 Å². The van der Waals surface area contributed by atoms with Gasteiger partial charge < -0.3 is 30.5 Å². The molecule has 0 saturated heterocycles. The third kappa shape index (κ3) is 7.86. The third-order valence-corrected chi connectivity index (χ3v) is 5.47. The fourth-order valence-electron chi connectivity index (χ4n) is 3.55. The van der Waals surface area contributed by atoms with Gasteiger partial charge in [-0.2, -0.15) is 0 Å². The van der Waals surface area contributed by atoms with Crippen LogP contribution < -0.4 is 10.6 Å². The molecular weight excluding hydrogens is 486 g/mol. The molecule has 3 amide bonds. The molecular formula is C26H34ClN3O6. The van der Waals surface area contributed by atoms with Gasteiger partial charge in [-0.05, 0) is 63.4 Å². The second-order valence-electron chi connectivity index (χ2n) is 9.33. The first kappa shape index (κ1) is 28.9. The fraction of sp³-hybridized carbons (Fsp3) is 0.423. The summed E-state index contributed by atoms with van der Waals surface area (Å²) in [6.45, 7) is 8.09. The lowest BCUT2D eigenvalue weighted by Crippen LogP contribution is -2.54. The number of nitrogens with zero attached hydrogens (tertiary/aromatic N) is 1. The second kappa shape index (κ2) is 12.6. The number of para-hydroxylation sites is 1. The molecule has 10 heteroatoms. The lowest BCUT2D eigenvalue weighted by molar-refractivity contribution is -0.141. The van der Waals surface area contributed by atoms with E-state index in [1.807, 2.05) is 6.92 Å². The van der Waals surface area contributed by atoms with Gasteiger partial charge in [0.2, 0.25) is 5.91 Å². The van der Waals surface area contributed by atoms with Crippen LogP contribution in [0.1, 0.15) is 51.3 Å². The lowest BCUT2D eigenvalue weighted by atomic mass is 10.0. The number of ether oxygens (including phenoxy) is 1. The summed E-state index contributed by atoms with van der Waals surface area (Å²) in [7, 11) is 0. The average Bonchev–Trinajstić information content (AvgIpc) is 2.79. The van der Waals surface area contributed by atoms with Gasteiger partial charge in [-0.1, -0.05) is 42.8 Å². The number of hydrogen-bond acceptors (Lipinski definition) is 6. The molecule has 2 unspecified atom stereocenters. The number of phenolic OH excluding ortho intramolecular Hbond substituents is 1. The van der Waals surface area contributed by atoms with Gasteiger partial charge in [0, 0.05) is 6.54 Å². The van der Waals surface area contributed by atoms with E-state index in [2.05, 4.69) is 10.6 Å². The molecule has 36 heavy (non-hydrogen) atoms. The van der Waals surface area contributed by atoms with Crippen LogP contribution in [0.2, 0.25) is 5.02 Å². The van der Waals surface area contributed by atoms with E-state index in [9.17, 15) is 24.6 Å². The molecule has 2 aromatic rings. The summed E-state index contributed by atoms with van der Waals surface area (Å²) >= 11 is 6.31. The molecule has 2 aromatic carbocycles. The Hall–Kier alpha value is -3.30. The summed E-state index contributed by atoms with van der Waals surface area (Å²) in [6, 6.07) is 8.57. The zero-order valence-corrected chi connectivity index (χ0v) is 21.9. The molecule has 0 saturated carbocycles. The summed E-state index contributed by atoms with van der Waals surface area (Å²) in [4.78, 5) is 40.8. The Morgan fingerprint density at radius 2 is 1.75 bits per heavy atom. The number of aryl methyl sites for hydroxylation is 1. The van der Waals surface area contributed by atoms with E-state index in [4.69, 9.17) is 16.3 Å². The van der Waals surface area contributed by atoms with E-state index in [0.717, 1.165) is 5.56 Å². The number of rotatable bonds is 9. The monoisotopic (exact) mass is 519 g/mol. The first-order chi connectivity index (χ1) is 16.9. The third-order valence-electron chi connectivity index (χ3n) is 5.16. The summed E-state index contributed by atoms with van der Waals surface area (Å²) < 4.78 is 5.22. The Balaban J connectivity index is 2.47. The molecule has 0 spiro atoms. The Morgan fingerprint density at radius 1 is 1.11 bits per heavy atom. The zero-order chi connectivity index (χ0) is 27.0. The summed E-state index contributed by atoms with van der Waals surface area (Å²) in [6.07, 6.45) is -0.382. The molecule has 0 heterocycles. The summed E-state index contributed by atoms with van der Waals surface area (Å²) in [5, 5.41) is 25.2. The van der Waals surface area contributed by atoms with Crippen LogP contribution in [-0.2, 0) is 14.3 Å². The number of carbonyl (C=O) groups is 3. The standard InChI is InChI=1S/C26H34ClN3O6/c1-6-14-30(24(34)20(15-31)28-25(35)36-26(3,4)5)22(17-10-12-18(32)13-11-17)23(33)29-21-16(2)8-7-9-19(21)27/h7-13,20,22,31-32H,6,14-15H2,1-5H3,(H,28,35)(H,29,33). The van der Waals surface area contributed by atoms with Crippen LogP contribution in [0, 0.1) is 6.92 Å². The van der Waals surface area contributed by atoms with Crippen LogP contribution >= 0.6 is 11.6 Å². The number of benzene rings is 2. The van der Waals surface area contributed by atoms with Crippen molar-refractivity contribution >= 4 is 35.2 Å². The number of aliphatic hydroxyl groups excluding tert-OH is 1. The Morgan fingerprint density at radius 3 is 2.28 bits per heavy atom. The Labute approximate surface area is 216 Å². The highest BCUT2D eigenvalue weighted by Crippen LogP contribution is 2.30. The summed E-state index contributed by atoms with van der Waals surface area (Å²) in [5.41, 5.74) is 0.749. The van der Waals surface area contributed by atoms with Gasteiger partial charge >= 0.3 is 6.09 Å². The predicted molar refractivity (Wildman–Crippen MR) is 138 cm³/mol. The highest BCUT2D eigenvalue weighted by atomic mass is 35.5. The number of carbonyl (C=O) groups excluding carboxylic acids is 3. The van der Waals surface area contributed by atoms with Crippen molar-refractivity contribution in [1.82, 2.24) is 10.2 Å². The van der Waals surface area contributed by atoms with Crippen molar-refractivity contribution in [1.29, 1.82) is 0 Å². The molecule has 4 N–H and O–H groups in total. The van der Waals surface area contributed by atoms with E-state index >= 15 is 0 Å². The maximum Gasteiger partial charge on any atom is 0.408 e. The Kier molecular flexibility index (Phi) is 10.1. The van der Waals surface area contributed by atoms with Crippen LogP contribution in [0.4, 0.5) is 10.5 Å². The van der Waals surface area contributed by atoms with E-state index < -0.39 is 42.2 Å². The smallest absolute Gasteiger partial charge is 0.408 e. The number of phenols is 1. The highest BCUT2D eigenvalue weighted by molar-refractivity contribution is 6.34. The molecule has 0 radical (unpaired) electrons. The molecule has 0 aromatic heterocycles. The maximum atomic E-state index is 13.6. The van der Waals surface area contributed by atoms with Gasteiger partial charge in [-0.3, -0.25) is 9.59 Å². The SMILES string of the molecule is CCCN(C(=O)C(CO)NC(=O)OC(C)(C)C)C(C(=O)Nc1c(C)cccc1Cl)c1ccc(O)cc1. The van der Waals surface area contributed by atoms with Crippen molar-refractivity contribution < 1.29 is 29.3 Å². The van der Waals surface area contributed by atoms with Crippen LogP contribution in [0.5, 0.6) is 5.75 Å². The first-order valence-corrected chi connectivity index (χ1v) is 12.0. The minimum atomic E-state index is -1.35. The quantitative estimate of drug-likeness (QED) is 0.394. The molecule has 2 rings (SSSR count). The minimum Gasteiger partial charge on any atom is -0.508 e. The van der Waals surface area contributed by atoms with E-state index in [-0.39, 0.29) is 12.3 Å². The largest absolute Gasteiger partial charge is 0.508 e. The number of aromatic hydroxyl groups is 1. The molecule has 0 aliphatic carbocycles. The number of alkyl carbamates (subject to hydrolysis) is 1. The molecule has 0 aliphatic heterocycles. The van der Waals surface area contributed by atoms with Crippen LogP contribution in [0.3, 0.4) is 0 Å². The normalized spacial score (nSPS) is 12.9. The maximum absolute atomic E-state index is 13.6. The van der Waals surface area contributed by atoms with E-state index in [0.29, 0.717) is 22.7 Å². The topological polar surface area (TPSA) is 128 Å². The molecule has 0 bridgehead atoms. The van der Waals surface area contributed by atoms with Crippen molar-refractivity contribution in [3.8, 4) is 5.75 Å². The van der Waals surface area contributed by atoms with Crippen molar-refractivity contribution in [3.05, 3.63) is 58.6 Å². The Bertz CT molecular complexity index is 1050. The minimum absolute atomic E-state index is 0.00643. The number of amides is 3. The predicted octanol–water partition coefficient (Wildman–Crippen LogP) is 4.16. The van der Waals surface area contributed by atoms with Crippen molar-refractivity contribution in [2.75, 3.05) is 18.5 Å². The van der Waals surface area contributed by atoms with Crippen molar-refractivity contribution in [2.24, 2.45) is 0 Å². The van der Waals surface area contributed by atoms with Gasteiger partial charge in [0.1, 0.15) is 23.4 Å².